The van der Waals surface area contributed by atoms with Gasteiger partial charge in [-0.3, -0.25) is 19.4 Å². The highest BCUT2D eigenvalue weighted by Gasteiger charge is 2.23. The van der Waals surface area contributed by atoms with Crippen molar-refractivity contribution in [1.82, 2.24) is 9.80 Å². The highest BCUT2D eigenvalue weighted by molar-refractivity contribution is 6.07. The largest absolute Gasteiger partial charge is 0.504 e. The van der Waals surface area contributed by atoms with Crippen LogP contribution in [0.5, 0.6) is 23.0 Å². The van der Waals surface area contributed by atoms with E-state index < -0.39 is 0 Å². The number of methoxy groups -OCH3 is 2. The van der Waals surface area contributed by atoms with Crippen LogP contribution in [0.3, 0.4) is 0 Å². The van der Waals surface area contributed by atoms with Crippen LogP contribution in [0.25, 0.3) is 12.2 Å². The number of nitrogens with zero attached hydrogens (tertiary/aromatic N) is 2. The number of aryl methyl sites for hydroxylation is 2. The number of phenolic OH excluding ortho intramolecular Hbond substituents is 2. The van der Waals surface area contributed by atoms with Gasteiger partial charge in [0.25, 0.3) is 0 Å². The Hall–Kier alpha value is -5.06. The molecule has 1 aliphatic rings. The number of rotatable bonds is 12. The Morgan fingerprint density at radius 2 is 1.09 bits per heavy atom. The normalized spacial score (nSPS) is 14.3. The average molecular weight is 627 g/mol. The Morgan fingerprint density at radius 3 is 1.41 bits per heavy atom. The Morgan fingerprint density at radius 1 is 0.696 bits per heavy atom. The molecule has 3 heterocycles. The molecule has 0 bridgehead atoms. The lowest BCUT2D eigenvalue weighted by Crippen LogP contribution is -2.45. The fraction of sp³-hybridized carbons (Fsp3) is 0.278. The molecule has 0 radical (unpaired) electrons. The lowest BCUT2D eigenvalue weighted by Gasteiger charge is -2.35. The first-order valence-electron chi connectivity index (χ1n) is 15.0. The zero-order chi connectivity index (χ0) is 32.8. The lowest BCUT2D eigenvalue weighted by atomic mass is 10.0. The molecule has 2 aromatic carbocycles. The number of hydrogen-bond acceptors (Lipinski definition) is 10. The lowest BCUT2D eigenvalue weighted by molar-refractivity contribution is 0.103. The molecule has 46 heavy (non-hydrogen) atoms. The molecule has 2 N–H and O–H groups in total. The summed E-state index contributed by atoms with van der Waals surface area (Å²) in [6.45, 7) is 7.23. The summed E-state index contributed by atoms with van der Waals surface area (Å²) in [6.07, 6.45) is 6.11. The van der Waals surface area contributed by atoms with Gasteiger partial charge in [-0.05, 0) is 86.7 Å². The van der Waals surface area contributed by atoms with Crippen molar-refractivity contribution in [2.45, 2.75) is 26.9 Å². The molecule has 10 heteroatoms. The molecule has 2 aromatic heterocycles. The Kier molecular flexibility index (Phi) is 10.1. The van der Waals surface area contributed by atoms with Gasteiger partial charge >= 0.3 is 0 Å². The van der Waals surface area contributed by atoms with Gasteiger partial charge in [-0.1, -0.05) is 0 Å². The second kappa shape index (κ2) is 14.4. The molecule has 0 atom stereocenters. The Bertz CT molecular complexity index is 1640. The molecule has 0 saturated carbocycles. The smallest absolute Gasteiger partial charge is 0.186 e. The fourth-order valence-corrected chi connectivity index (χ4v) is 5.35. The van der Waals surface area contributed by atoms with E-state index in [0.29, 0.717) is 73.0 Å². The van der Waals surface area contributed by atoms with E-state index in [2.05, 4.69) is 9.80 Å². The predicted octanol–water partition coefficient (Wildman–Crippen LogP) is 6.03. The first kappa shape index (κ1) is 32.3. The minimum absolute atomic E-state index is 0.00171. The van der Waals surface area contributed by atoms with Gasteiger partial charge in [-0.25, -0.2) is 0 Å². The highest BCUT2D eigenvalue weighted by atomic mass is 16.5. The maximum absolute atomic E-state index is 13.0. The van der Waals surface area contributed by atoms with Gasteiger partial charge in [0.2, 0.25) is 0 Å². The number of ether oxygens (including phenoxy) is 2. The Balaban J connectivity index is 1.24. The molecule has 10 nitrogen and oxygen atoms in total. The van der Waals surface area contributed by atoms with Crippen molar-refractivity contribution >= 4 is 23.7 Å². The summed E-state index contributed by atoms with van der Waals surface area (Å²) >= 11 is 0. The maximum atomic E-state index is 13.0. The molecule has 4 aromatic rings. The van der Waals surface area contributed by atoms with Crippen LogP contribution in [0, 0.1) is 13.8 Å². The van der Waals surface area contributed by atoms with E-state index in [4.69, 9.17) is 18.3 Å². The minimum atomic E-state index is -0.235. The monoisotopic (exact) mass is 626 g/mol. The van der Waals surface area contributed by atoms with Gasteiger partial charge in [-0.2, -0.15) is 0 Å². The van der Waals surface area contributed by atoms with Crippen LogP contribution in [0.1, 0.15) is 54.9 Å². The summed E-state index contributed by atoms with van der Waals surface area (Å²) in [5, 5.41) is 21.7. The van der Waals surface area contributed by atoms with E-state index in [1.54, 1.807) is 36.4 Å². The predicted molar refractivity (Wildman–Crippen MR) is 173 cm³/mol. The number of allylic oxidation sites excluding steroid dienone is 2. The van der Waals surface area contributed by atoms with Crippen molar-refractivity contribution in [1.29, 1.82) is 0 Å². The van der Waals surface area contributed by atoms with Gasteiger partial charge in [0.15, 0.2) is 34.6 Å². The molecule has 5 rings (SSSR count). The third-order valence-electron chi connectivity index (χ3n) is 7.89. The summed E-state index contributed by atoms with van der Waals surface area (Å²) in [7, 11) is 2.91. The molecule has 1 saturated heterocycles. The molecule has 0 spiro atoms. The molecule has 0 amide bonds. The molecule has 0 aliphatic carbocycles. The zero-order valence-electron chi connectivity index (χ0n) is 26.4. The van der Waals surface area contributed by atoms with Gasteiger partial charge in [0.05, 0.1) is 14.2 Å². The zero-order valence-corrected chi connectivity index (χ0v) is 26.4. The van der Waals surface area contributed by atoms with Gasteiger partial charge < -0.3 is 28.5 Å². The number of hydrogen-bond donors (Lipinski definition) is 2. The van der Waals surface area contributed by atoms with Crippen molar-refractivity contribution < 1.29 is 38.1 Å². The molecular formula is C36H38N2O8. The molecule has 0 unspecified atom stereocenters. The number of carbonyl (C=O) groups is 2. The van der Waals surface area contributed by atoms with Crippen molar-refractivity contribution in [2.75, 3.05) is 40.4 Å². The number of ketones is 2. The van der Waals surface area contributed by atoms with Gasteiger partial charge in [-0.15, -0.1) is 0 Å². The summed E-state index contributed by atoms with van der Waals surface area (Å²) in [5.41, 5.74) is 1.97. The van der Waals surface area contributed by atoms with E-state index in [1.807, 2.05) is 26.0 Å². The standard InChI is InChI=1S/C36H38N2O8/c1-23-5-7-29(45-23)9-11-31(39)25-17-27(35(41)33(19-25)43-3)21-37-13-15-38(16-14-37)22-28-18-26(20-34(44-4)36(28)42)32(40)12-10-30-8-6-24(2)46-30/h5-12,17-20,41-42H,13-16,21-22H2,1-4H3/b11-9+,12-10+. The van der Waals surface area contributed by atoms with Crippen LogP contribution < -0.4 is 9.47 Å². The SMILES string of the molecule is COc1cc(C(=O)/C=C/c2ccc(C)o2)cc(CN2CCN(Cc3cc(C(=O)/C=C/c4ccc(C)o4)cc(OC)c3O)CC2)c1O. The molecular weight excluding hydrogens is 588 g/mol. The maximum Gasteiger partial charge on any atom is 0.186 e. The van der Waals surface area contributed by atoms with E-state index in [0.717, 1.165) is 11.5 Å². The van der Waals surface area contributed by atoms with Crippen LogP contribution in [0.4, 0.5) is 0 Å². The number of benzene rings is 2. The fourth-order valence-electron chi connectivity index (χ4n) is 5.35. The van der Waals surface area contributed by atoms with Crippen LogP contribution in [0.15, 0.2) is 69.5 Å². The number of phenols is 2. The molecule has 240 valence electrons. The van der Waals surface area contributed by atoms with Crippen LogP contribution in [0.2, 0.25) is 0 Å². The summed E-state index contributed by atoms with van der Waals surface area (Å²) in [6, 6.07) is 13.7. The number of furan rings is 2. The number of piperazine rings is 1. The van der Waals surface area contributed by atoms with Crippen molar-refractivity contribution in [3.8, 4) is 23.0 Å². The summed E-state index contributed by atoms with van der Waals surface area (Å²) in [5.74, 6) is 2.67. The topological polar surface area (TPSA) is 126 Å². The van der Waals surface area contributed by atoms with Crippen molar-refractivity contribution in [3.63, 3.8) is 0 Å². The quantitative estimate of drug-likeness (QED) is 0.142. The van der Waals surface area contributed by atoms with Gasteiger partial charge in [0, 0.05) is 61.5 Å². The van der Waals surface area contributed by atoms with Crippen LogP contribution >= 0.6 is 0 Å². The first-order chi connectivity index (χ1) is 22.1. The molecule has 1 fully saturated rings. The first-order valence-corrected chi connectivity index (χ1v) is 15.0. The summed E-state index contributed by atoms with van der Waals surface area (Å²) in [4.78, 5) is 30.3. The van der Waals surface area contributed by atoms with Crippen LogP contribution in [-0.4, -0.2) is 72.0 Å². The second-order valence-electron chi connectivity index (χ2n) is 11.2. The average Bonchev–Trinajstić information content (AvgIpc) is 3.68. The minimum Gasteiger partial charge on any atom is -0.504 e. The Labute approximate surface area is 267 Å². The second-order valence-corrected chi connectivity index (χ2v) is 11.2. The number of carbonyl (C=O) groups excluding carboxylic acids is 2. The highest BCUT2D eigenvalue weighted by Crippen LogP contribution is 2.35. The van der Waals surface area contributed by atoms with E-state index in [9.17, 15) is 19.8 Å². The van der Waals surface area contributed by atoms with Gasteiger partial charge in [0.1, 0.15) is 23.0 Å². The van der Waals surface area contributed by atoms with E-state index in [1.165, 1.54) is 38.5 Å². The van der Waals surface area contributed by atoms with E-state index in [-0.39, 0.29) is 34.6 Å². The third kappa shape index (κ3) is 7.77. The number of aromatic hydroxyl groups is 2. The van der Waals surface area contributed by atoms with Crippen molar-refractivity contribution in [2.24, 2.45) is 0 Å². The van der Waals surface area contributed by atoms with Crippen LogP contribution in [-0.2, 0) is 13.1 Å². The summed E-state index contributed by atoms with van der Waals surface area (Å²) < 4.78 is 21.8. The third-order valence-corrected chi connectivity index (χ3v) is 7.89. The molecule has 1 aliphatic heterocycles. The van der Waals surface area contributed by atoms with Crippen molar-refractivity contribution in [3.05, 3.63) is 106 Å². The van der Waals surface area contributed by atoms with E-state index >= 15 is 0 Å².